The number of nitrogens with one attached hydrogen (secondary N) is 1. The van der Waals surface area contributed by atoms with Gasteiger partial charge in [-0.1, -0.05) is 41.1 Å². The Labute approximate surface area is 209 Å². The molecule has 0 aliphatic heterocycles. The van der Waals surface area contributed by atoms with Crippen molar-refractivity contribution < 1.29 is 14.1 Å². The molecule has 5 rings (SSSR count). The van der Waals surface area contributed by atoms with Crippen LogP contribution in [0.5, 0.6) is 0 Å². The van der Waals surface area contributed by atoms with Crippen molar-refractivity contribution in [2.45, 2.75) is 27.3 Å². The average molecular weight is 500 g/mol. The SMILES string of the molecule is CC(=O)c1cccc(NC(=O)Cn2cnc3sc(-c4nc(-c5cccc(C)c5)no4)c(C)c3c2=O)c1. The second-order valence-corrected chi connectivity index (χ2v) is 9.39. The van der Waals surface area contributed by atoms with Gasteiger partial charge in [-0.15, -0.1) is 11.3 Å². The zero-order valence-electron chi connectivity index (χ0n) is 19.7. The number of carbonyl (C=O) groups excluding carboxylic acids is 2. The molecule has 3 aromatic heterocycles. The van der Waals surface area contributed by atoms with Crippen LogP contribution < -0.4 is 10.9 Å². The van der Waals surface area contributed by atoms with Gasteiger partial charge in [0, 0.05) is 16.8 Å². The summed E-state index contributed by atoms with van der Waals surface area (Å²) in [4.78, 5) is 47.5. The van der Waals surface area contributed by atoms with E-state index in [2.05, 4.69) is 20.4 Å². The molecule has 9 nitrogen and oxygen atoms in total. The van der Waals surface area contributed by atoms with Gasteiger partial charge in [0.1, 0.15) is 11.4 Å². The third-order valence-electron chi connectivity index (χ3n) is 5.68. The number of amides is 1. The maximum atomic E-state index is 13.2. The third-order valence-corrected chi connectivity index (χ3v) is 6.87. The number of Topliss-reactive ketones (excluding diaryl/α,β-unsaturated/α-hetero) is 1. The lowest BCUT2D eigenvalue weighted by atomic mass is 10.1. The largest absolute Gasteiger partial charge is 0.333 e. The lowest BCUT2D eigenvalue weighted by molar-refractivity contribution is -0.116. The van der Waals surface area contributed by atoms with Crippen molar-refractivity contribution in [2.24, 2.45) is 0 Å². The first-order valence-electron chi connectivity index (χ1n) is 11.1. The van der Waals surface area contributed by atoms with Crippen LogP contribution in [0, 0.1) is 13.8 Å². The van der Waals surface area contributed by atoms with Crippen molar-refractivity contribution in [2.75, 3.05) is 5.32 Å². The summed E-state index contributed by atoms with van der Waals surface area (Å²) in [7, 11) is 0. The second kappa shape index (κ2) is 9.31. The molecule has 0 aliphatic carbocycles. The first-order chi connectivity index (χ1) is 17.3. The van der Waals surface area contributed by atoms with Gasteiger partial charge in [-0.2, -0.15) is 4.98 Å². The van der Waals surface area contributed by atoms with E-state index in [1.165, 1.54) is 29.2 Å². The predicted molar refractivity (Wildman–Crippen MR) is 137 cm³/mol. The van der Waals surface area contributed by atoms with Crippen molar-refractivity contribution >= 4 is 38.9 Å². The fraction of sp³-hybridized carbons (Fsp3) is 0.154. The number of aryl methyl sites for hydroxylation is 2. The molecule has 0 atom stereocenters. The summed E-state index contributed by atoms with van der Waals surface area (Å²) >= 11 is 1.28. The molecule has 0 spiro atoms. The van der Waals surface area contributed by atoms with E-state index in [-0.39, 0.29) is 17.9 Å². The quantitative estimate of drug-likeness (QED) is 0.338. The van der Waals surface area contributed by atoms with E-state index < -0.39 is 5.91 Å². The average Bonchev–Trinajstić information content (AvgIpc) is 3.46. The summed E-state index contributed by atoms with van der Waals surface area (Å²) in [6.45, 7) is 5.01. The van der Waals surface area contributed by atoms with E-state index in [1.54, 1.807) is 31.2 Å². The number of hydrogen-bond donors (Lipinski definition) is 1. The molecule has 0 radical (unpaired) electrons. The number of fused-ring (bicyclic) bond motifs is 1. The lowest BCUT2D eigenvalue weighted by Gasteiger charge is -2.08. The second-order valence-electron chi connectivity index (χ2n) is 8.39. The minimum atomic E-state index is -0.410. The van der Waals surface area contributed by atoms with E-state index in [1.807, 2.05) is 31.2 Å². The number of anilines is 1. The van der Waals surface area contributed by atoms with Gasteiger partial charge in [0.25, 0.3) is 11.4 Å². The Morgan fingerprint density at radius 3 is 2.69 bits per heavy atom. The van der Waals surface area contributed by atoms with Crippen LogP contribution >= 0.6 is 11.3 Å². The number of nitrogens with zero attached hydrogens (tertiary/aromatic N) is 4. The Morgan fingerprint density at radius 2 is 1.92 bits per heavy atom. The summed E-state index contributed by atoms with van der Waals surface area (Å²) in [6, 6.07) is 14.4. The Bertz CT molecular complexity index is 1700. The molecule has 3 heterocycles. The normalized spacial score (nSPS) is 11.1. The minimum Gasteiger partial charge on any atom is -0.333 e. The standard InChI is InChI=1S/C26H21N5O4S/c1-14-6-4-8-18(10-14)23-29-24(35-30-23)22-15(2)21-25(36-22)27-13-31(26(21)34)12-20(33)28-19-9-5-7-17(11-19)16(3)32/h4-11,13H,12H2,1-3H3,(H,28,33). The van der Waals surface area contributed by atoms with E-state index in [0.717, 1.165) is 11.1 Å². The summed E-state index contributed by atoms with van der Waals surface area (Å²) in [6.07, 6.45) is 1.35. The maximum Gasteiger partial charge on any atom is 0.268 e. The van der Waals surface area contributed by atoms with Crippen LogP contribution in [-0.4, -0.2) is 31.4 Å². The first-order valence-corrected chi connectivity index (χ1v) is 11.9. The molecule has 0 unspecified atom stereocenters. The molecule has 1 N–H and O–H groups in total. The topological polar surface area (TPSA) is 120 Å². The van der Waals surface area contributed by atoms with Crippen LogP contribution in [-0.2, 0) is 11.3 Å². The zero-order chi connectivity index (χ0) is 25.4. The van der Waals surface area contributed by atoms with Crippen molar-refractivity contribution in [1.82, 2.24) is 19.7 Å². The molecule has 1 amide bonds. The summed E-state index contributed by atoms with van der Waals surface area (Å²) in [5, 5.41) is 7.22. The zero-order valence-corrected chi connectivity index (χ0v) is 20.5. The van der Waals surface area contributed by atoms with Gasteiger partial charge in [0.2, 0.25) is 11.7 Å². The van der Waals surface area contributed by atoms with E-state index in [0.29, 0.717) is 43.6 Å². The van der Waals surface area contributed by atoms with Crippen molar-refractivity contribution in [3.05, 3.63) is 81.9 Å². The van der Waals surface area contributed by atoms with Gasteiger partial charge >= 0.3 is 0 Å². The number of rotatable bonds is 6. The Morgan fingerprint density at radius 1 is 1.11 bits per heavy atom. The van der Waals surface area contributed by atoms with Gasteiger partial charge in [-0.3, -0.25) is 19.0 Å². The highest BCUT2D eigenvalue weighted by Gasteiger charge is 2.21. The minimum absolute atomic E-state index is 0.104. The van der Waals surface area contributed by atoms with Crippen molar-refractivity contribution in [3.8, 4) is 22.2 Å². The molecule has 10 heteroatoms. The van der Waals surface area contributed by atoms with Crippen LogP contribution in [0.2, 0.25) is 0 Å². The number of thiophene rings is 1. The number of ketones is 1. The molecule has 5 aromatic rings. The van der Waals surface area contributed by atoms with E-state index >= 15 is 0 Å². The van der Waals surface area contributed by atoms with E-state index in [4.69, 9.17) is 4.52 Å². The number of aromatic nitrogens is 4. The Balaban J connectivity index is 1.42. The summed E-state index contributed by atoms with van der Waals surface area (Å²) in [5.41, 5.74) is 3.20. The highest BCUT2D eigenvalue weighted by atomic mass is 32.1. The molecule has 0 saturated carbocycles. The molecular formula is C26H21N5O4S. The first kappa shape index (κ1) is 23.3. The van der Waals surface area contributed by atoms with E-state index in [9.17, 15) is 14.4 Å². The van der Waals surface area contributed by atoms with Crippen LogP contribution in [0.15, 0.2) is 64.2 Å². The molecule has 180 valence electrons. The monoisotopic (exact) mass is 499 g/mol. The Hall–Kier alpha value is -4.44. The highest BCUT2D eigenvalue weighted by molar-refractivity contribution is 7.22. The summed E-state index contributed by atoms with van der Waals surface area (Å²) < 4.78 is 6.76. The third kappa shape index (κ3) is 4.46. The number of carbonyl (C=O) groups is 2. The van der Waals surface area contributed by atoms with Crippen LogP contribution in [0.25, 0.3) is 32.4 Å². The maximum absolute atomic E-state index is 13.2. The van der Waals surface area contributed by atoms with Crippen molar-refractivity contribution in [1.29, 1.82) is 0 Å². The smallest absolute Gasteiger partial charge is 0.268 e. The van der Waals surface area contributed by atoms with Crippen LogP contribution in [0.4, 0.5) is 5.69 Å². The Kier molecular flexibility index (Phi) is 6.03. The van der Waals surface area contributed by atoms with Gasteiger partial charge in [-0.25, -0.2) is 4.98 Å². The molecular weight excluding hydrogens is 478 g/mol. The fourth-order valence-corrected chi connectivity index (χ4v) is 4.93. The van der Waals surface area contributed by atoms with Gasteiger partial charge in [0.15, 0.2) is 5.78 Å². The fourth-order valence-electron chi connectivity index (χ4n) is 3.86. The highest BCUT2D eigenvalue weighted by Crippen LogP contribution is 2.35. The number of hydrogen-bond acceptors (Lipinski definition) is 8. The van der Waals surface area contributed by atoms with Gasteiger partial charge in [-0.05, 0) is 44.5 Å². The van der Waals surface area contributed by atoms with Crippen LogP contribution in [0.1, 0.15) is 28.4 Å². The molecule has 0 aliphatic rings. The molecule has 0 bridgehead atoms. The van der Waals surface area contributed by atoms with Gasteiger partial charge in [0.05, 0.1) is 16.6 Å². The molecule has 36 heavy (non-hydrogen) atoms. The molecule has 0 saturated heterocycles. The van der Waals surface area contributed by atoms with Gasteiger partial charge < -0.3 is 9.84 Å². The molecule has 0 fully saturated rings. The van der Waals surface area contributed by atoms with Crippen LogP contribution in [0.3, 0.4) is 0 Å². The lowest BCUT2D eigenvalue weighted by Crippen LogP contribution is -2.27. The summed E-state index contributed by atoms with van der Waals surface area (Å²) in [5.74, 6) is 0.252. The van der Waals surface area contributed by atoms with Crippen molar-refractivity contribution in [3.63, 3.8) is 0 Å². The molecule has 2 aromatic carbocycles. The predicted octanol–water partition coefficient (Wildman–Crippen LogP) is 4.63. The number of benzene rings is 2.